The Labute approximate surface area is 185 Å². The Kier molecular flexibility index (Phi) is 5.97. The smallest absolute Gasteiger partial charge is 0.395 e. The lowest BCUT2D eigenvalue weighted by Crippen LogP contribution is -2.46. The molecular formula is C20H21F3N6O4. The second-order valence-electron chi connectivity index (χ2n) is 7.65. The van der Waals surface area contributed by atoms with Crippen LogP contribution in [0, 0.1) is 10.1 Å². The number of anilines is 3. The molecule has 176 valence electrons. The van der Waals surface area contributed by atoms with Crippen LogP contribution in [0.25, 0.3) is 11.0 Å². The third-order valence-electron chi connectivity index (χ3n) is 5.66. The number of fused-ring (bicyclic) bond motifs is 1. The van der Waals surface area contributed by atoms with Gasteiger partial charge >= 0.3 is 11.9 Å². The average Bonchev–Trinajstić information content (AvgIpc) is 3.27. The normalized spacial score (nSPS) is 14.7. The maximum Gasteiger partial charge on any atom is 0.416 e. The third-order valence-corrected chi connectivity index (χ3v) is 5.66. The van der Waals surface area contributed by atoms with Crippen molar-refractivity contribution in [2.45, 2.75) is 6.18 Å². The lowest BCUT2D eigenvalue weighted by molar-refractivity contribution is -0.382. The number of halogens is 3. The number of hydrogen-bond donors (Lipinski definition) is 1. The first kappa shape index (κ1) is 22.6. The number of aliphatic hydroxyl groups is 1. The Bertz CT molecular complexity index is 1160. The summed E-state index contributed by atoms with van der Waals surface area (Å²) in [5.41, 5.74) is 0.559. The maximum absolute atomic E-state index is 13.1. The predicted octanol–water partition coefficient (Wildman–Crippen LogP) is 2.90. The molecule has 2 aromatic carbocycles. The fraction of sp³-hybridized carbons (Fsp3) is 0.400. The van der Waals surface area contributed by atoms with Gasteiger partial charge in [-0.3, -0.25) is 10.1 Å². The molecule has 0 spiro atoms. The zero-order valence-corrected chi connectivity index (χ0v) is 17.6. The highest BCUT2D eigenvalue weighted by atomic mass is 19.4. The van der Waals surface area contributed by atoms with E-state index in [1.807, 2.05) is 9.80 Å². The first-order valence-electron chi connectivity index (χ1n) is 10.1. The fourth-order valence-electron chi connectivity index (χ4n) is 3.97. The molecule has 1 aliphatic heterocycles. The molecule has 1 saturated heterocycles. The van der Waals surface area contributed by atoms with Crippen molar-refractivity contribution in [1.82, 2.24) is 10.3 Å². The van der Waals surface area contributed by atoms with Crippen LogP contribution in [0.4, 0.5) is 35.9 Å². The van der Waals surface area contributed by atoms with Crippen LogP contribution in [-0.2, 0) is 6.18 Å². The van der Waals surface area contributed by atoms with E-state index in [1.165, 1.54) is 6.07 Å². The number of nitro groups is 1. The van der Waals surface area contributed by atoms with Crippen LogP contribution in [0.5, 0.6) is 0 Å². The number of aliphatic hydroxyl groups excluding tert-OH is 1. The molecule has 1 N–H and O–H groups in total. The first-order valence-corrected chi connectivity index (χ1v) is 10.1. The summed E-state index contributed by atoms with van der Waals surface area (Å²) in [6.45, 7) is 1.73. The molecule has 1 aliphatic rings. The Morgan fingerprint density at radius 1 is 1.15 bits per heavy atom. The lowest BCUT2D eigenvalue weighted by Gasteiger charge is -2.37. The van der Waals surface area contributed by atoms with Crippen molar-refractivity contribution in [3.05, 3.63) is 46.0 Å². The van der Waals surface area contributed by atoms with E-state index in [0.29, 0.717) is 37.6 Å². The van der Waals surface area contributed by atoms with E-state index < -0.39 is 16.7 Å². The van der Waals surface area contributed by atoms with Crippen molar-refractivity contribution in [3.8, 4) is 0 Å². The van der Waals surface area contributed by atoms with Gasteiger partial charge in [0.05, 0.1) is 22.8 Å². The molecule has 0 bridgehead atoms. The predicted molar refractivity (Wildman–Crippen MR) is 115 cm³/mol. The van der Waals surface area contributed by atoms with Gasteiger partial charge in [-0.05, 0) is 34.6 Å². The van der Waals surface area contributed by atoms with Crippen LogP contribution in [-0.4, -0.2) is 66.7 Å². The minimum atomic E-state index is -4.42. The SMILES string of the molecule is CN(CCO)c1cc(N2CCN(c3cccc(C(F)(F)F)c3)CC2)c2nonc2c1[N+](=O)[O-]. The van der Waals surface area contributed by atoms with E-state index in [0.717, 1.165) is 12.1 Å². The summed E-state index contributed by atoms with van der Waals surface area (Å²) in [6, 6.07) is 6.80. The van der Waals surface area contributed by atoms with Crippen LogP contribution >= 0.6 is 0 Å². The molecule has 0 saturated carbocycles. The number of likely N-dealkylation sites (N-methyl/N-ethyl adjacent to an activating group) is 1. The Morgan fingerprint density at radius 2 is 1.82 bits per heavy atom. The van der Waals surface area contributed by atoms with Crippen LogP contribution < -0.4 is 14.7 Å². The van der Waals surface area contributed by atoms with Gasteiger partial charge in [-0.1, -0.05) is 6.07 Å². The number of nitrogens with zero attached hydrogens (tertiary/aromatic N) is 6. The maximum atomic E-state index is 13.1. The van der Waals surface area contributed by atoms with Gasteiger partial charge in [0.15, 0.2) is 5.52 Å². The van der Waals surface area contributed by atoms with Gasteiger partial charge < -0.3 is 19.8 Å². The summed E-state index contributed by atoms with van der Waals surface area (Å²) in [5.74, 6) is 0. The minimum absolute atomic E-state index is 0.00222. The van der Waals surface area contributed by atoms with E-state index in [1.54, 1.807) is 24.1 Å². The third kappa shape index (κ3) is 4.35. The van der Waals surface area contributed by atoms with E-state index in [4.69, 9.17) is 4.63 Å². The molecular weight excluding hydrogens is 445 g/mol. The highest BCUT2D eigenvalue weighted by Crippen LogP contribution is 2.40. The second kappa shape index (κ2) is 8.73. The molecule has 0 amide bonds. The molecule has 1 fully saturated rings. The van der Waals surface area contributed by atoms with Crippen molar-refractivity contribution in [1.29, 1.82) is 0 Å². The van der Waals surface area contributed by atoms with Crippen LogP contribution in [0.3, 0.4) is 0 Å². The molecule has 10 nitrogen and oxygen atoms in total. The average molecular weight is 466 g/mol. The number of alkyl halides is 3. The highest BCUT2D eigenvalue weighted by molar-refractivity contribution is 6.00. The van der Waals surface area contributed by atoms with Crippen LogP contribution in [0.2, 0.25) is 0 Å². The van der Waals surface area contributed by atoms with Gasteiger partial charge in [0.2, 0.25) is 5.52 Å². The summed E-state index contributed by atoms with van der Waals surface area (Å²) >= 11 is 0. The van der Waals surface area contributed by atoms with Crippen LogP contribution in [0.15, 0.2) is 35.0 Å². The molecule has 3 aromatic rings. The van der Waals surface area contributed by atoms with Crippen molar-refractivity contribution in [2.24, 2.45) is 0 Å². The lowest BCUT2D eigenvalue weighted by atomic mass is 10.1. The Balaban J connectivity index is 1.63. The molecule has 2 heterocycles. The van der Waals surface area contributed by atoms with Gasteiger partial charge in [0.25, 0.3) is 0 Å². The molecule has 33 heavy (non-hydrogen) atoms. The van der Waals surface area contributed by atoms with Crippen molar-refractivity contribution in [3.63, 3.8) is 0 Å². The zero-order chi connectivity index (χ0) is 23.8. The van der Waals surface area contributed by atoms with Crippen molar-refractivity contribution >= 4 is 33.8 Å². The van der Waals surface area contributed by atoms with E-state index in [9.17, 15) is 28.4 Å². The number of aromatic nitrogens is 2. The Hall–Kier alpha value is -3.61. The van der Waals surface area contributed by atoms with E-state index >= 15 is 0 Å². The van der Waals surface area contributed by atoms with Gasteiger partial charge in [-0.2, -0.15) is 13.2 Å². The van der Waals surface area contributed by atoms with Crippen molar-refractivity contribution in [2.75, 3.05) is 61.1 Å². The van der Waals surface area contributed by atoms with Gasteiger partial charge in [-0.15, -0.1) is 0 Å². The number of benzene rings is 2. The summed E-state index contributed by atoms with van der Waals surface area (Å²) < 4.78 is 44.0. The summed E-state index contributed by atoms with van der Waals surface area (Å²) in [4.78, 5) is 16.5. The van der Waals surface area contributed by atoms with Gasteiger partial charge in [0.1, 0.15) is 5.69 Å². The Morgan fingerprint density at radius 3 is 2.45 bits per heavy atom. The fourth-order valence-corrected chi connectivity index (χ4v) is 3.97. The van der Waals surface area contributed by atoms with Crippen molar-refractivity contribution < 1.29 is 27.8 Å². The molecule has 0 radical (unpaired) electrons. The molecule has 1 aromatic heterocycles. The zero-order valence-electron chi connectivity index (χ0n) is 17.6. The number of hydrogen-bond acceptors (Lipinski definition) is 9. The topological polar surface area (TPSA) is 112 Å². The molecule has 4 rings (SSSR count). The standard InChI is InChI=1S/C20H21F3N6O4/c1-26(9-10-30)16-12-15(17-18(25-33-24-17)19(16)29(31)32)28-7-5-27(6-8-28)14-4-2-3-13(11-14)20(21,22)23/h2-4,11-12,30H,5-10H2,1H3. The van der Waals surface area contributed by atoms with Crippen LogP contribution in [0.1, 0.15) is 5.56 Å². The monoisotopic (exact) mass is 466 g/mol. The summed E-state index contributed by atoms with van der Waals surface area (Å²) in [7, 11) is 1.62. The number of rotatable bonds is 6. The largest absolute Gasteiger partial charge is 0.416 e. The number of nitro benzene ring substituents is 1. The quantitative estimate of drug-likeness (QED) is 0.433. The van der Waals surface area contributed by atoms with E-state index in [2.05, 4.69) is 10.3 Å². The molecule has 0 aliphatic carbocycles. The second-order valence-corrected chi connectivity index (χ2v) is 7.65. The first-order chi connectivity index (χ1) is 15.7. The van der Waals surface area contributed by atoms with Gasteiger partial charge in [0, 0.05) is 45.5 Å². The van der Waals surface area contributed by atoms with Gasteiger partial charge in [-0.25, -0.2) is 4.63 Å². The highest BCUT2D eigenvalue weighted by Gasteiger charge is 2.32. The molecule has 13 heteroatoms. The minimum Gasteiger partial charge on any atom is -0.395 e. The molecule has 0 atom stereocenters. The number of piperazine rings is 1. The van der Waals surface area contributed by atoms with E-state index in [-0.39, 0.29) is 35.6 Å². The summed E-state index contributed by atoms with van der Waals surface area (Å²) in [5, 5.41) is 28.6. The summed E-state index contributed by atoms with van der Waals surface area (Å²) in [6.07, 6.45) is -4.42. The molecule has 0 unspecified atom stereocenters.